The molecule has 0 aliphatic carbocycles. The highest BCUT2D eigenvalue weighted by atomic mass is 19.1. The van der Waals surface area contributed by atoms with Crippen molar-refractivity contribution in [1.29, 1.82) is 0 Å². The quantitative estimate of drug-likeness (QED) is 0.361. The van der Waals surface area contributed by atoms with E-state index in [-0.39, 0.29) is 18.6 Å². The molecular weight excluding hydrogens is 477 g/mol. The van der Waals surface area contributed by atoms with Gasteiger partial charge in [-0.25, -0.2) is 14.4 Å². The molecule has 12 heteroatoms. The fourth-order valence-electron chi connectivity index (χ4n) is 4.41. The van der Waals surface area contributed by atoms with Crippen LogP contribution in [0.5, 0.6) is 5.75 Å². The first-order chi connectivity index (χ1) is 18.0. The molecule has 2 atom stereocenters. The molecule has 0 bridgehead atoms. The predicted molar refractivity (Wildman–Crippen MR) is 137 cm³/mol. The molecule has 0 saturated carbocycles. The van der Waals surface area contributed by atoms with Gasteiger partial charge in [0.1, 0.15) is 42.8 Å². The zero-order valence-corrected chi connectivity index (χ0v) is 21.1. The molecule has 1 saturated heterocycles. The lowest BCUT2D eigenvalue weighted by molar-refractivity contribution is 0.0194. The first-order valence-corrected chi connectivity index (χ1v) is 12.3. The molecule has 4 aromatic heterocycles. The van der Waals surface area contributed by atoms with E-state index < -0.39 is 6.17 Å². The Labute approximate surface area is 214 Å². The Balaban J connectivity index is 1.35. The van der Waals surface area contributed by atoms with Crippen LogP contribution in [0.15, 0.2) is 43.4 Å². The van der Waals surface area contributed by atoms with E-state index in [1.807, 2.05) is 15.5 Å². The lowest BCUT2D eigenvalue weighted by Gasteiger charge is -2.33. The van der Waals surface area contributed by atoms with Crippen molar-refractivity contribution in [3.63, 3.8) is 0 Å². The van der Waals surface area contributed by atoms with E-state index in [0.29, 0.717) is 49.5 Å². The van der Waals surface area contributed by atoms with E-state index in [9.17, 15) is 4.39 Å². The van der Waals surface area contributed by atoms with Crippen molar-refractivity contribution in [3.05, 3.63) is 49.1 Å². The molecular formula is C25H30FN9O2. The van der Waals surface area contributed by atoms with E-state index in [2.05, 4.69) is 49.3 Å². The third-order valence-corrected chi connectivity index (χ3v) is 6.35. The Hall–Kier alpha value is -3.93. The van der Waals surface area contributed by atoms with Gasteiger partial charge in [-0.2, -0.15) is 4.98 Å². The maximum absolute atomic E-state index is 14.4. The lowest BCUT2D eigenvalue weighted by Crippen LogP contribution is -2.46. The number of aromatic nitrogens is 7. The predicted octanol–water partition coefficient (Wildman–Crippen LogP) is 3.52. The number of hydrogen-bond donors (Lipinski definition) is 1. The van der Waals surface area contributed by atoms with Crippen LogP contribution < -0.4 is 15.0 Å². The zero-order valence-electron chi connectivity index (χ0n) is 21.1. The Bertz CT molecular complexity index is 1340. The highest BCUT2D eigenvalue weighted by Crippen LogP contribution is 2.32. The topological polar surface area (TPSA) is 116 Å². The third kappa shape index (κ3) is 5.58. The molecule has 1 N–H and O–H groups in total. The summed E-state index contributed by atoms with van der Waals surface area (Å²) in [5.74, 6) is 2.52. The van der Waals surface area contributed by atoms with Gasteiger partial charge in [0.15, 0.2) is 0 Å². The van der Waals surface area contributed by atoms with Gasteiger partial charge in [0.05, 0.1) is 31.1 Å². The number of halogens is 1. The summed E-state index contributed by atoms with van der Waals surface area (Å²) in [6.07, 6.45) is 7.60. The van der Waals surface area contributed by atoms with Crippen molar-refractivity contribution < 1.29 is 13.9 Å². The summed E-state index contributed by atoms with van der Waals surface area (Å²) in [5.41, 5.74) is 0.949. The number of piperidine rings is 1. The van der Waals surface area contributed by atoms with E-state index in [1.54, 1.807) is 44.4 Å². The molecule has 1 aliphatic rings. The second-order valence-electron chi connectivity index (χ2n) is 9.22. The average molecular weight is 508 g/mol. The van der Waals surface area contributed by atoms with Crippen molar-refractivity contribution in [1.82, 2.24) is 34.7 Å². The van der Waals surface area contributed by atoms with Gasteiger partial charge >= 0.3 is 0 Å². The SMILES string of the molecule is CO[C@@H]1CCN(c2nccc(Nc3cc4c(C(C)C)ncc(OCCn5cnnc5)c4cn3)n2)C[C@@H]1F. The largest absolute Gasteiger partial charge is 0.489 e. The number of hydrogen-bond acceptors (Lipinski definition) is 10. The normalized spacial score (nSPS) is 17.9. The van der Waals surface area contributed by atoms with Gasteiger partial charge in [0.2, 0.25) is 5.95 Å². The molecule has 37 heavy (non-hydrogen) atoms. The standard InChI is InChI=1S/C25H30FN9O2/c1-16(2)24-17-10-23(28-11-18(17)21(12-29-24)37-9-8-34-14-30-31-15-34)32-22-4-6-27-25(33-22)35-7-5-20(36-3)19(26)13-35/h4,6,10-12,14-16,19-20H,5,7-9,13H2,1-3H3,(H,27,28,32,33)/t19-,20+/m0/s1. The molecule has 0 aromatic carbocycles. The Morgan fingerprint density at radius 1 is 1.11 bits per heavy atom. The molecule has 4 aromatic rings. The average Bonchev–Trinajstić information content (AvgIpc) is 3.42. The minimum Gasteiger partial charge on any atom is -0.489 e. The minimum atomic E-state index is -1.09. The van der Waals surface area contributed by atoms with Crippen LogP contribution in [0.25, 0.3) is 10.8 Å². The van der Waals surface area contributed by atoms with Crippen molar-refractivity contribution in [3.8, 4) is 5.75 Å². The number of ether oxygens (including phenoxy) is 2. The van der Waals surface area contributed by atoms with Crippen LogP contribution in [0.1, 0.15) is 31.9 Å². The van der Waals surface area contributed by atoms with Crippen molar-refractivity contribution in [2.75, 3.05) is 37.0 Å². The summed E-state index contributed by atoms with van der Waals surface area (Å²) in [7, 11) is 1.54. The molecule has 1 aliphatic heterocycles. The van der Waals surface area contributed by atoms with Crippen LogP contribution in [-0.2, 0) is 11.3 Å². The van der Waals surface area contributed by atoms with Crippen LogP contribution >= 0.6 is 0 Å². The van der Waals surface area contributed by atoms with E-state index >= 15 is 0 Å². The number of fused-ring (bicyclic) bond motifs is 1. The van der Waals surface area contributed by atoms with Gasteiger partial charge in [-0.3, -0.25) is 4.98 Å². The van der Waals surface area contributed by atoms with Gasteiger partial charge in [0, 0.05) is 36.8 Å². The van der Waals surface area contributed by atoms with Crippen molar-refractivity contribution >= 4 is 28.4 Å². The zero-order chi connectivity index (χ0) is 25.8. The second kappa shape index (κ2) is 11.0. The molecule has 194 valence electrons. The number of methoxy groups -OCH3 is 1. The first kappa shape index (κ1) is 24.8. The fourth-order valence-corrected chi connectivity index (χ4v) is 4.41. The number of pyridine rings is 2. The Morgan fingerprint density at radius 3 is 2.70 bits per heavy atom. The number of alkyl halides is 1. The number of nitrogens with zero attached hydrogens (tertiary/aromatic N) is 8. The maximum Gasteiger partial charge on any atom is 0.227 e. The smallest absolute Gasteiger partial charge is 0.227 e. The molecule has 5 heterocycles. The minimum absolute atomic E-state index is 0.194. The van der Waals surface area contributed by atoms with Gasteiger partial charge in [-0.05, 0) is 24.5 Å². The fraction of sp³-hybridized carbons (Fsp3) is 0.440. The van der Waals surface area contributed by atoms with Gasteiger partial charge in [-0.15, -0.1) is 10.2 Å². The Morgan fingerprint density at radius 2 is 1.95 bits per heavy atom. The van der Waals surface area contributed by atoms with Crippen molar-refractivity contribution in [2.24, 2.45) is 0 Å². The highest BCUT2D eigenvalue weighted by Gasteiger charge is 2.30. The summed E-state index contributed by atoms with van der Waals surface area (Å²) >= 11 is 0. The van der Waals surface area contributed by atoms with Crippen LogP contribution in [0, 0.1) is 0 Å². The summed E-state index contributed by atoms with van der Waals surface area (Å²) < 4.78 is 27.5. The second-order valence-corrected chi connectivity index (χ2v) is 9.22. The molecule has 0 radical (unpaired) electrons. The van der Waals surface area contributed by atoms with Crippen LogP contribution in [-0.4, -0.2) is 73.8 Å². The summed E-state index contributed by atoms with van der Waals surface area (Å²) in [5, 5.41) is 12.7. The Kier molecular flexibility index (Phi) is 7.35. The molecule has 1 fully saturated rings. The van der Waals surface area contributed by atoms with Crippen LogP contribution in [0.2, 0.25) is 0 Å². The van der Waals surface area contributed by atoms with Gasteiger partial charge in [-0.1, -0.05) is 13.8 Å². The number of nitrogens with one attached hydrogen (secondary N) is 1. The first-order valence-electron chi connectivity index (χ1n) is 12.3. The number of rotatable bonds is 9. The highest BCUT2D eigenvalue weighted by molar-refractivity contribution is 5.91. The molecule has 5 rings (SSSR count). The monoisotopic (exact) mass is 507 g/mol. The summed E-state index contributed by atoms with van der Waals surface area (Å²) in [6, 6.07) is 3.71. The van der Waals surface area contributed by atoms with E-state index in [0.717, 1.165) is 16.5 Å². The lowest BCUT2D eigenvalue weighted by atomic mass is 10.0. The maximum atomic E-state index is 14.4. The van der Waals surface area contributed by atoms with Crippen LogP contribution in [0.4, 0.5) is 22.0 Å². The molecule has 0 spiro atoms. The van der Waals surface area contributed by atoms with Gasteiger partial charge in [0.25, 0.3) is 0 Å². The molecule has 0 unspecified atom stereocenters. The summed E-state index contributed by atoms with van der Waals surface area (Å²) in [4.78, 5) is 20.1. The van der Waals surface area contributed by atoms with Crippen molar-refractivity contribution in [2.45, 2.75) is 45.0 Å². The van der Waals surface area contributed by atoms with E-state index in [4.69, 9.17) is 9.47 Å². The molecule has 11 nitrogen and oxygen atoms in total. The van der Waals surface area contributed by atoms with Crippen LogP contribution in [0.3, 0.4) is 0 Å². The molecule has 0 amide bonds. The van der Waals surface area contributed by atoms with E-state index in [1.165, 1.54) is 0 Å². The number of anilines is 3. The van der Waals surface area contributed by atoms with Gasteiger partial charge < -0.3 is 24.3 Å². The summed E-state index contributed by atoms with van der Waals surface area (Å²) in [6.45, 7) is 6.09. The third-order valence-electron chi connectivity index (χ3n) is 6.35.